The number of carboxylic acids is 1. The molecule has 2 rings (SSSR count). The number of aryl methyl sites for hydroxylation is 1. The van der Waals surface area contributed by atoms with E-state index in [1.807, 2.05) is 0 Å². The van der Waals surface area contributed by atoms with Crippen LogP contribution in [0.15, 0.2) is 39.6 Å². The minimum absolute atomic E-state index is 0.0394. The van der Waals surface area contributed by atoms with Crippen LogP contribution in [0.2, 0.25) is 5.02 Å². The van der Waals surface area contributed by atoms with Crippen molar-refractivity contribution in [3.63, 3.8) is 0 Å². The van der Waals surface area contributed by atoms with Gasteiger partial charge in [0.15, 0.2) is 0 Å². The van der Waals surface area contributed by atoms with E-state index < -0.39 is 27.8 Å². The first-order chi connectivity index (χ1) is 10.6. The van der Waals surface area contributed by atoms with Crippen LogP contribution in [0.3, 0.4) is 0 Å². The normalized spacial score (nSPS) is 13.3. The zero-order chi connectivity index (χ0) is 17.4. The Hall–Kier alpha value is -1.83. The molecule has 23 heavy (non-hydrogen) atoms. The number of rotatable bonds is 5. The third kappa shape index (κ3) is 3.41. The van der Waals surface area contributed by atoms with Gasteiger partial charge in [0.2, 0.25) is 15.8 Å². The van der Waals surface area contributed by atoms with E-state index in [2.05, 4.69) is 0 Å². The number of hydrogen-bond donors (Lipinski definition) is 1. The van der Waals surface area contributed by atoms with Crippen molar-refractivity contribution in [2.45, 2.75) is 24.8 Å². The van der Waals surface area contributed by atoms with Crippen LogP contribution < -0.4 is 0 Å². The molecule has 1 N–H and O–H groups in total. The van der Waals surface area contributed by atoms with Gasteiger partial charge in [-0.1, -0.05) is 23.7 Å². The molecule has 0 aliphatic rings. The molecule has 1 aromatic heterocycles. The molecule has 1 atom stereocenters. The molecule has 1 unspecified atom stereocenters. The van der Waals surface area contributed by atoms with Crippen molar-refractivity contribution < 1.29 is 22.7 Å². The molecule has 0 fully saturated rings. The number of nitrogens with zero attached hydrogens (tertiary/aromatic N) is 1. The first-order valence-corrected chi connectivity index (χ1v) is 8.53. The molecule has 6 nitrogen and oxygen atoms in total. The van der Waals surface area contributed by atoms with Crippen LogP contribution in [-0.4, -0.2) is 30.8 Å². The summed E-state index contributed by atoms with van der Waals surface area (Å²) in [5.74, 6) is -1.69. The van der Waals surface area contributed by atoms with Crippen molar-refractivity contribution in [3.8, 4) is 0 Å². The van der Waals surface area contributed by atoms with Gasteiger partial charge in [-0.15, -0.1) is 0 Å². The Morgan fingerprint density at radius 1 is 1.30 bits per heavy atom. The van der Waals surface area contributed by atoms with Crippen LogP contribution in [0.25, 0.3) is 0 Å². The van der Waals surface area contributed by atoms with Gasteiger partial charge in [0.25, 0.3) is 0 Å². The van der Waals surface area contributed by atoms with Gasteiger partial charge < -0.3 is 9.52 Å². The summed E-state index contributed by atoms with van der Waals surface area (Å²) in [5.41, 5.74) is 0.764. The quantitative estimate of drug-likeness (QED) is 0.886. The first kappa shape index (κ1) is 17.5. The average molecular weight is 358 g/mol. The zero-order valence-electron chi connectivity index (χ0n) is 12.8. The van der Waals surface area contributed by atoms with Crippen molar-refractivity contribution in [2.75, 3.05) is 7.05 Å². The standard InChI is InChI=1S/C15H16ClNO5S/c1-9(11-4-6-12(16)7-5-11)17(3)23(20,21)14-8-13(15(18)19)22-10(14)2/h4-9H,1-3H3,(H,18,19). The smallest absolute Gasteiger partial charge is 0.371 e. The zero-order valence-corrected chi connectivity index (χ0v) is 14.4. The number of benzene rings is 1. The topological polar surface area (TPSA) is 87.8 Å². The fraction of sp³-hybridized carbons (Fsp3) is 0.267. The SMILES string of the molecule is Cc1oc(C(=O)O)cc1S(=O)(=O)N(C)C(C)c1ccc(Cl)cc1. The molecule has 1 aromatic carbocycles. The van der Waals surface area contributed by atoms with Crippen molar-refractivity contribution in [1.82, 2.24) is 4.31 Å². The van der Waals surface area contributed by atoms with E-state index in [0.29, 0.717) is 5.02 Å². The average Bonchev–Trinajstić information content (AvgIpc) is 2.89. The second kappa shape index (κ2) is 6.35. The van der Waals surface area contributed by atoms with E-state index in [9.17, 15) is 13.2 Å². The fourth-order valence-corrected chi connectivity index (χ4v) is 3.78. The highest BCUT2D eigenvalue weighted by Gasteiger charge is 2.31. The maximum Gasteiger partial charge on any atom is 0.371 e. The summed E-state index contributed by atoms with van der Waals surface area (Å²) in [4.78, 5) is 10.8. The number of halogens is 1. The third-order valence-electron chi connectivity index (χ3n) is 3.64. The molecule has 2 aromatic rings. The molecule has 0 saturated carbocycles. The maximum atomic E-state index is 12.7. The number of sulfonamides is 1. The first-order valence-electron chi connectivity index (χ1n) is 6.72. The monoisotopic (exact) mass is 357 g/mol. The lowest BCUT2D eigenvalue weighted by Gasteiger charge is -2.24. The Labute approximate surface area is 139 Å². The van der Waals surface area contributed by atoms with E-state index in [1.54, 1.807) is 31.2 Å². The van der Waals surface area contributed by atoms with Crippen LogP contribution in [0.1, 0.15) is 34.8 Å². The molecule has 0 aliphatic carbocycles. The molecule has 0 saturated heterocycles. The molecule has 0 spiro atoms. The van der Waals surface area contributed by atoms with Crippen molar-refractivity contribution in [3.05, 3.63) is 52.4 Å². The summed E-state index contributed by atoms with van der Waals surface area (Å²) in [6.07, 6.45) is 0. The Morgan fingerprint density at radius 3 is 2.35 bits per heavy atom. The van der Waals surface area contributed by atoms with Crippen molar-refractivity contribution in [2.24, 2.45) is 0 Å². The summed E-state index contributed by atoms with van der Waals surface area (Å²) in [7, 11) is -2.46. The fourth-order valence-electron chi connectivity index (χ4n) is 2.14. The number of hydrogen-bond acceptors (Lipinski definition) is 4. The number of carboxylic acid groups (broad SMARTS) is 1. The molecular weight excluding hydrogens is 342 g/mol. The molecule has 0 radical (unpaired) electrons. The molecule has 1 heterocycles. The summed E-state index contributed by atoms with van der Waals surface area (Å²) in [6, 6.07) is 7.41. The van der Waals surface area contributed by atoms with Gasteiger partial charge in [-0.2, -0.15) is 4.31 Å². The molecular formula is C15H16ClNO5S. The van der Waals surface area contributed by atoms with E-state index in [4.69, 9.17) is 21.1 Å². The minimum atomic E-state index is -3.90. The number of carbonyl (C=O) groups is 1. The predicted octanol–water partition coefficient (Wildman–Crippen LogP) is 3.32. The minimum Gasteiger partial charge on any atom is -0.475 e. The highest BCUT2D eigenvalue weighted by Crippen LogP contribution is 2.29. The predicted molar refractivity (Wildman–Crippen MR) is 85.2 cm³/mol. The van der Waals surface area contributed by atoms with Gasteiger partial charge >= 0.3 is 5.97 Å². The molecule has 0 bridgehead atoms. The molecule has 8 heteroatoms. The lowest BCUT2D eigenvalue weighted by atomic mass is 10.1. The van der Waals surface area contributed by atoms with Crippen LogP contribution >= 0.6 is 11.6 Å². The lowest BCUT2D eigenvalue weighted by Crippen LogP contribution is -2.30. The Bertz CT molecular complexity index is 826. The molecule has 0 aliphatic heterocycles. The van der Waals surface area contributed by atoms with E-state index in [0.717, 1.165) is 11.6 Å². The van der Waals surface area contributed by atoms with Crippen LogP contribution in [0.4, 0.5) is 0 Å². The highest BCUT2D eigenvalue weighted by atomic mass is 35.5. The van der Waals surface area contributed by atoms with Gasteiger partial charge in [-0.05, 0) is 31.5 Å². The number of aromatic carboxylic acids is 1. The molecule has 0 amide bonds. The van der Waals surface area contributed by atoms with Gasteiger partial charge in [0.05, 0.1) is 0 Å². The maximum absolute atomic E-state index is 12.7. The lowest BCUT2D eigenvalue weighted by molar-refractivity contribution is 0.0661. The molecule has 124 valence electrons. The summed E-state index contributed by atoms with van der Waals surface area (Å²) in [6.45, 7) is 3.15. The van der Waals surface area contributed by atoms with E-state index >= 15 is 0 Å². The number of furan rings is 1. The Balaban J connectivity index is 2.38. The Morgan fingerprint density at radius 2 is 1.87 bits per heavy atom. The Kier molecular flexibility index (Phi) is 4.84. The van der Waals surface area contributed by atoms with Gasteiger partial charge in [0, 0.05) is 24.2 Å². The van der Waals surface area contributed by atoms with Crippen molar-refractivity contribution in [1.29, 1.82) is 0 Å². The van der Waals surface area contributed by atoms with E-state index in [-0.39, 0.29) is 10.7 Å². The van der Waals surface area contributed by atoms with Gasteiger partial charge in [-0.3, -0.25) is 0 Å². The summed E-state index contributed by atoms with van der Waals surface area (Å²) in [5, 5.41) is 9.48. The summed E-state index contributed by atoms with van der Waals surface area (Å²) < 4.78 is 31.6. The van der Waals surface area contributed by atoms with Crippen LogP contribution in [0.5, 0.6) is 0 Å². The largest absolute Gasteiger partial charge is 0.475 e. The van der Waals surface area contributed by atoms with Gasteiger partial charge in [-0.25, -0.2) is 13.2 Å². The van der Waals surface area contributed by atoms with Crippen LogP contribution in [0, 0.1) is 6.92 Å². The third-order valence-corrected chi connectivity index (χ3v) is 5.93. The summed E-state index contributed by atoms with van der Waals surface area (Å²) >= 11 is 5.84. The second-order valence-electron chi connectivity index (χ2n) is 5.09. The van der Waals surface area contributed by atoms with Crippen LogP contribution in [-0.2, 0) is 10.0 Å². The highest BCUT2D eigenvalue weighted by molar-refractivity contribution is 7.89. The van der Waals surface area contributed by atoms with Crippen molar-refractivity contribution >= 4 is 27.6 Å². The second-order valence-corrected chi connectivity index (χ2v) is 7.49. The van der Waals surface area contributed by atoms with E-state index in [1.165, 1.54) is 18.3 Å². The van der Waals surface area contributed by atoms with Gasteiger partial charge in [0.1, 0.15) is 10.7 Å².